The number of fused-ring (bicyclic) bond motifs is 1. The molecule has 21 heavy (non-hydrogen) atoms. The maximum Gasteiger partial charge on any atom is 0.231 e. The Labute approximate surface area is 127 Å². The summed E-state index contributed by atoms with van der Waals surface area (Å²) >= 11 is 0. The van der Waals surface area contributed by atoms with Gasteiger partial charge < -0.3 is 24.4 Å². The van der Waals surface area contributed by atoms with Gasteiger partial charge in [0.05, 0.1) is 7.11 Å². The van der Waals surface area contributed by atoms with Gasteiger partial charge in [0.2, 0.25) is 12.5 Å². The average molecular weight is 294 g/mol. The van der Waals surface area contributed by atoms with Gasteiger partial charge in [-0.25, -0.2) is 0 Å². The molecule has 0 aliphatic carbocycles. The molecule has 0 saturated heterocycles. The van der Waals surface area contributed by atoms with Crippen LogP contribution in [0.25, 0.3) is 0 Å². The van der Waals surface area contributed by atoms with Gasteiger partial charge in [-0.2, -0.15) is 0 Å². The first-order valence-electron chi connectivity index (χ1n) is 7.23. The van der Waals surface area contributed by atoms with Crippen LogP contribution in [0.2, 0.25) is 0 Å². The van der Waals surface area contributed by atoms with Crippen molar-refractivity contribution in [3.05, 3.63) is 17.7 Å². The molecule has 0 radical (unpaired) electrons. The van der Waals surface area contributed by atoms with Crippen molar-refractivity contribution in [3.63, 3.8) is 0 Å². The van der Waals surface area contributed by atoms with E-state index in [0.29, 0.717) is 5.75 Å². The third-order valence-electron chi connectivity index (χ3n) is 3.40. The lowest BCUT2D eigenvalue weighted by Crippen LogP contribution is -2.37. The van der Waals surface area contributed by atoms with Gasteiger partial charge in [-0.1, -0.05) is 13.8 Å². The second-order valence-corrected chi connectivity index (χ2v) is 6.54. The van der Waals surface area contributed by atoms with Gasteiger partial charge >= 0.3 is 0 Å². The molecule has 0 spiro atoms. The van der Waals surface area contributed by atoms with Crippen LogP contribution in [0.3, 0.4) is 0 Å². The predicted octanol–water partition coefficient (Wildman–Crippen LogP) is 2.10. The van der Waals surface area contributed by atoms with Crippen molar-refractivity contribution in [1.82, 2.24) is 10.2 Å². The van der Waals surface area contributed by atoms with E-state index in [1.54, 1.807) is 7.11 Å². The van der Waals surface area contributed by atoms with E-state index in [2.05, 4.69) is 38.2 Å². The van der Waals surface area contributed by atoms with E-state index in [9.17, 15) is 0 Å². The fraction of sp³-hybridized carbons (Fsp3) is 0.625. The number of nitrogens with zero attached hydrogens (tertiary/aromatic N) is 1. The Balaban J connectivity index is 1.95. The second-order valence-electron chi connectivity index (χ2n) is 6.54. The molecule has 1 aliphatic rings. The number of ether oxygens (including phenoxy) is 3. The third-order valence-corrected chi connectivity index (χ3v) is 3.40. The Kier molecular flexibility index (Phi) is 4.96. The van der Waals surface area contributed by atoms with Crippen molar-refractivity contribution in [2.75, 3.05) is 41.1 Å². The molecule has 1 aromatic carbocycles. The van der Waals surface area contributed by atoms with Crippen LogP contribution in [0.15, 0.2) is 12.1 Å². The van der Waals surface area contributed by atoms with Crippen LogP contribution in [0.1, 0.15) is 19.4 Å². The zero-order chi connectivity index (χ0) is 15.5. The molecule has 0 aromatic heterocycles. The summed E-state index contributed by atoms with van der Waals surface area (Å²) < 4.78 is 16.2. The first-order chi connectivity index (χ1) is 9.91. The van der Waals surface area contributed by atoms with Gasteiger partial charge in [0.15, 0.2) is 11.5 Å². The first kappa shape index (κ1) is 15.9. The van der Waals surface area contributed by atoms with Crippen molar-refractivity contribution < 1.29 is 14.2 Å². The maximum atomic E-state index is 5.44. The minimum absolute atomic E-state index is 0.226. The highest BCUT2D eigenvalue weighted by atomic mass is 16.7. The number of hydrogen-bond donors (Lipinski definition) is 1. The standard InChI is InChI=1S/C16H26N2O3/c1-16(2,10-18(3)4)9-17-8-12-6-13(19-5)15-14(7-12)20-11-21-15/h6-7,17H,8-11H2,1-5H3. The SMILES string of the molecule is COc1cc(CNCC(C)(C)CN(C)C)cc2c1OCO2. The number of nitrogens with one attached hydrogen (secondary N) is 1. The van der Waals surface area contributed by atoms with Crippen LogP contribution < -0.4 is 19.5 Å². The van der Waals surface area contributed by atoms with E-state index in [-0.39, 0.29) is 12.2 Å². The Bertz CT molecular complexity index is 487. The highest BCUT2D eigenvalue weighted by Crippen LogP contribution is 2.41. The molecule has 0 atom stereocenters. The Morgan fingerprint density at radius 1 is 1.29 bits per heavy atom. The van der Waals surface area contributed by atoms with Gasteiger partial charge in [-0.3, -0.25) is 0 Å². The minimum atomic E-state index is 0.226. The van der Waals surface area contributed by atoms with E-state index in [1.807, 2.05) is 12.1 Å². The molecule has 2 rings (SSSR count). The molecule has 1 N–H and O–H groups in total. The molecule has 1 aliphatic heterocycles. The topological polar surface area (TPSA) is 43.0 Å². The Hall–Kier alpha value is -1.46. The van der Waals surface area contributed by atoms with E-state index in [4.69, 9.17) is 14.2 Å². The molecule has 0 amide bonds. The van der Waals surface area contributed by atoms with Gasteiger partial charge in [0, 0.05) is 19.6 Å². The van der Waals surface area contributed by atoms with Crippen molar-refractivity contribution in [3.8, 4) is 17.2 Å². The van der Waals surface area contributed by atoms with Crippen molar-refractivity contribution in [2.24, 2.45) is 5.41 Å². The molecule has 0 saturated carbocycles. The van der Waals surface area contributed by atoms with Crippen LogP contribution in [0, 0.1) is 5.41 Å². The number of hydrogen-bond acceptors (Lipinski definition) is 5. The van der Waals surface area contributed by atoms with E-state index in [1.165, 1.54) is 0 Å². The summed E-state index contributed by atoms with van der Waals surface area (Å²) in [6, 6.07) is 4.01. The normalized spacial score (nSPS) is 13.8. The van der Waals surface area contributed by atoms with Crippen molar-refractivity contribution in [1.29, 1.82) is 0 Å². The fourth-order valence-corrected chi connectivity index (χ4v) is 2.74. The minimum Gasteiger partial charge on any atom is -0.493 e. The van der Waals surface area contributed by atoms with Crippen LogP contribution in [0.5, 0.6) is 17.2 Å². The Morgan fingerprint density at radius 2 is 2.05 bits per heavy atom. The third kappa shape index (κ3) is 4.25. The lowest BCUT2D eigenvalue weighted by Gasteiger charge is -2.28. The molecule has 1 heterocycles. The largest absolute Gasteiger partial charge is 0.493 e. The summed E-state index contributed by atoms with van der Waals surface area (Å²) in [6.07, 6.45) is 0. The van der Waals surface area contributed by atoms with Crippen LogP contribution in [-0.2, 0) is 6.54 Å². The summed E-state index contributed by atoms with van der Waals surface area (Å²) in [7, 11) is 5.85. The monoisotopic (exact) mass is 294 g/mol. The Morgan fingerprint density at radius 3 is 2.71 bits per heavy atom. The molecule has 0 unspecified atom stereocenters. The summed E-state index contributed by atoms with van der Waals surface area (Å²) in [4.78, 5) is 2.21. The zero-order valence-electron chi connectivity index (χ0n) is 13.7. The van der Waals surface area contributed by atoms with Crippen LogP contribution in [0.4, 0.5) is 0 Å². The summed E-state index contributed by atoms with van der Waals surface area (Å²) in [5.41, 5.74) is 1.36. The molecule has 0 fully saturated rings. The molecule has 5 heteroatoms. The number of benzene rings is 1. The van der Waals surface area contributed by atoms with E-state index < -0.39 is 0 Å². The van der Waals surface area contributed by atoms with Gasteiger partial charge in [-0.15, -0.1) is 0 Å². The van der Waals surface area contributed by atoms with Gasteiger partial charge in [0.25, 0.3) is 0 Å². The van der Waals surface area contributed by atoms with Gasteiger partial charge in [0.1, 0.15) is 0 Å². The first-order valence-corrected chi connectivity index (χ1v) is 7.23. The smallest absolute Gasteiger partial charge is 0.231 e. The van der Waals surface area contributed by atoms with Crippen LogP contribution >= 0.6 is 0 Å². The zero-order valence-corrected chi connectivity index (χ0v) is 13.7. The fourth-order valence-electron chi connectivity index (χ4n) is 2.74. The van der Waals surface area contributed by atoms with Crippen molar-refractivity contribution >= 4 is 0 Å². The molecule has 5 nitrogen and oxygen atoms in total. The molecule has 0 bridgehead atoms. The van der Waals surface area contributed by atoms with E-state index >= 15 is 0 Å². The lowest BCUT2D eigenvalue weighted by atomic mass is 9.93. The second kappa shape index (κ2) is 6.54. The molecular weight excluding hydrogens is 268 g/mol. The highest BCUT2D eigenvalue weighted by molar-refractivity contribution is 5.55. The van der Waals surface area contributed by atoms with Gasteiger partial charge in [-0.05, 0) is 37.2 Å². The lowest BCUT2D eigenvalue weighted by molar-refractivity contribution is 0.171. The molecular formula is C16H26N2O3. The van der Waals surface area contributed by atoms with E-state index in [0.717, 1.165) is 36.7 Å². The highest BCUT2D eigenvalue weighted by Gasteiger charge is 2.21. The average Bonchev–Trinajstić information content (AvgIpc) is 2.84. The summed E-state index contributed by atoms with van der Waals surface area (Å²) in [5, 5.41) is 3.51. The predicted molar refractivity (Wildman–Crippen MR) is 83.2 cm³/mol. The summed E-state index contributed by atoms with van der Waals surface area (Å²) in [5.74, 6) is 2.20. The molecule has 1 aromatic rings. The quantitative estimate of drug-likeness (QED) is 0.834. The number of rotatable bonds is 7. The van der Waals surface area contributed by atoms with Crippen molar-refractivity contribution in [2.45, 2.75) is 20.4 Å². The number of methoxy groups -OCH3 is 1. The maximum absolute atomic E-state index is 5.44. The van der Waals surface area contributed by atoms with Crippen LogP contribution in [-0.4, -0.2) is 46.0 Å². The molecule has 118 valence electrons. The summed E-state index contributed by atoms with van der Waals surface area (Å²) in [6.45, 7) is 7.56.